The quantitative estimate of drug-likeness (QED) is 0.313. The van der Waals surface area contributed by atoms with Gasteiger partial charge in [0.15, 0.2) is 0 Å². The number of hydrogen-bond acceptors (Lipinski definition) is 4. The molecule has 0 aliphatic carbocycles. The first-order valence-corrected chi connectivity index (χ1v) is 11.3. The molecule has 2 aromatic carbocycles. The highest BCUT2D eigenvalue weighted by molar-refractivity contribution is 9.10. The number of amides is 1. The Bertz CT molecular complexity index is 1080. The van der Waals surface area contributed by atoms with Crippen LogP contribution in [0.25, 0.3) is 6.08 Å². The third-order valence-electron chi connectivity index (χ3n) is 5.01. The fraction of sp³-hybridized carbons (Fsp3) is 0.280. The van der Waals surface area contributed by atoms with Crippen molar-refractivity contribution in [3.63, 3.8) is 0 Å². The highest BCUT2D eigenvalue weighted by Gasteiger charge is 2.08. The minimum Gasteiger partial charge on any atom is -0.496 e. The second kappa shape index (κ2) is 11.5. The van der Waals surface area contributed by atoms with E-state index in [-0.39, 0.29) is 5.91 Å². The summed E-state index contributed by atoms with van der Waals surface area (Å²) in [5.41, 5.74) is 3.89. The molecule has 0 bridgehead atoms. The van der Waals surface area contributed by atoms with Gasteiger partial charge in [-0.1, -0.05) is 24.3 Å². The van der Waals surface area contributed by atoms with Crippen molar-refractivity contribution >= 4 is 27.9 Å². The van der Waals surface area contributed by atoms with Crippen LogP contribution in [0.4, 0.5) is 0 Å². The van der Waals surface area contributed by atoms with Crippen molar-refractivity contribution in [1.82, 2.24) is 15.1 Å². The van der Waals surface area contributed by atoms with Crippen LogP contribution in [0.15, 0.2) is 59.1 Å². The zero-order valence-corrected chi connectivity index (χ0v) is 20.2. The van der Waals surface area contributed by atoms with Crippen LogP contribution in [0.5, 0.6) is 11.5 Å². The molecule has 0 fully saturated rings. The van der Waals surface area contributed by atoms with Crippen LogP contribution >= 0.6 is 15.9 Å². The number of benzene rings is 2. The Morgan fingerprint density at radius 2 is 1.97 bits per heavy atom. The molecule has 1 amide bonds. The van der Waals surface area contributed by atoms with E-state index < -0.39 is 0 Å². The third-order valence-corrected chi connectivity index (χ3v) is 6.16. The largest absolute Gasteiger partial charge is 0.496 e. The van der Waals surface area contributed by atoms with Gasteiger partial charge in [0.1, 0.15) is 18.1 Å². The van der Waals surface area contributed by atoms with Crippen molar-refractivity contribution in [3.8, 4) is 11.5 Å². The van der Waals surface area contributed by atoms with Gasteiger partial charge >= 0.3 is 0 Å². The van der Waals surface area contributed by atoms with Crippen LogP contribution in [0.1, 0.15) is 28.9 Å². The molecule has 0 unspecified atom stereocenters. The first-order chi connectivity index (χ1) is 15.5. The van der Waals surface area contributed by atoms with Crippen molar-refractivity contribution in [2.75, 3.05) is 13.7 Å². The van der Waals surface area contributed by atoms with Gasteiger partial charge in [0, 0.05) is 30.4 Å². The van der Waals surface area contributed by atoms with Crippen LogP contribution in [0.3, 0.4) is 0 Å². The highest BCUT2D eigenvalue weighted by atomic mass is 79.9. The normalized spacial score (nSPS) is 11.0. The van der Waals surface area contributed by atoms with Gasteiger partial charge in [-0.05, 0) is 72.1 Å². The Kier molecular flexibility index (Phi) is 8.50. The van der Waals surface area contributed by atoms with Crippen molar-refractivity contribution in [2.45, 2.75) is 33.4 Å². The topological polar surface area (TPSA) is 65.4 Å². The minimum absolute atomic E-state index is 0.127. The Labute approximate surface area is 197 Å². The summed E-state index contributed by atoms with van der Waals surface area (Å²) in [6.45, 7) is 5.71. The lowest BCUT2D eigenvalue weighted by molar-refractivity contribution is -0.116. The molecule has 1 aromatic heterocycles. The van der Waals surface area contributed by atoms with Crippen molar-refractivity contribution in [3.05, 3.63) is 81.6 Å². The number of aryl methyl sites for hydroxylation is 2. The predicted molar refractivity (Wildman–Crippen MR) is 130 cm³/mol. The number of halogens is 1. The first-order valence-electron chi connectivity index (χ1n) is 10.5. The Morgan fingerprint density at radius 1 is 1.19 bits per heavy atom. The number of rotatable bonds is 10. The number of para-hydroxylation sites is 1. The lowest BCUT2D eigenvalue weighted by Crippen LogP contribution is -2.23. The molecule has 6 nitrogen and oxygen atoms in total. The molecule has 0 radical (unpaired) electrons. The Hall–Kier alpha value is -3.06. The first kappa shape index (κ1) is 23.6. The zero-order chi connectivity index (χ0) is 22.9. The number of nitrogens with one attached hydrogen (secondary N) is 1. The van der Waals surface area contributed by atoms with Crippen LogP contribution in [-0.4, -0.2) is 29.3 Å². The smallest absolute Gasteiger partial charge is 0.244 e. The second-order valence-corrected chi connectivity index (χ2v) is 8.15. The van der Waals surface area contributed by atoms with E-state index in [1.54, 1.807) is 19.3 Å². The fourth-order valence-corrected chi connectivity index (χ4v) is 3.54. The van der Waals surface area contributed by atoms with Gasteiger partial charge in [-0.3, -0.25) is 9.48 Å². The molecule has 0 saturated heterocycles. The molecule has 1 heterocycles. The monoisotopic (exact) mass is 497 g/mol. The summed E-state index contributed by atoms with van der Waals surface area (Å²) in [6, 6.07) is 15.4. The lowest BCUT2D eigenvalue weighted by atomic mass is 10.1. The molecule has 0 aliphatic rings. The van der Waals surface area contributed by atoms with Crippen molar-refractivity contribution in [2.24, 2.45) is 0 Å². The molecule has 1 N–H and O–H groups in total. The van der Waals surface area contributed by atoms with Crippen LogP contribution in [0, 0.1) is 13.8 Å². The molecule has 3 aromatic rings. The van der Waals surface area contributed by atoms with Crippen molar-refractivity contribution in [1.29, 1.82) is 0 Å². The summed E-state index contributed by atoms with van der Waals surface area (Å²) >= 11 is 3.53. The van der Waals surface area contributed by atoms with Gasteiger partial charge in [-0.25, -0.2) is 0 Å². The summed E-state index contributed by atoms with van der Waals surface area (Å²) in [7, 11) is 1.63. The summed E-state index contributed by atoms with van der Waals surface area (Å²) in [5, 5.41) is 7.40. The molecule has 0 spiro atoms. The van der Waals surface area contributed by atoms with Gasteiger partial charge in [0.2, 0.25) is 5.91 Å². The number of carbonyl (C=O) groups is 1. The highest BCUT2D eigenvalue weighted by Crippen LogP contribution is 2.23. The van der Waals surface area contributed by atoms with Gasteiger partial charge in [0.05, 0.1) is 17.3 Å². The average Bonchev–Trinajstić information content (AvgIpc) is 3.06. The van der Waals surface area contributed by atoms with Gasteiger partial charge < -0.3 is 14.8 Å². The SMILES string of the molecule is COc1ccc(/C=C/C(=O)NCCCn2nc(C)c(Br)c2C)cc1COc1ccccc1. The molecule has 7 heteroatoms. The van der Waals surface area contributed by atoms with E-state index >= 15 is 0 Å². The van der Waals surface area contributed by atoms with Crippen LogP contribution in [0.2, 0.25) is 0 Å². The predicted octanol–water partition coefficient (Wildman–Crippen LogP) is 5.07. The molecule has 32 heavy (non-hydrogen) atoms. The zero-order valence-electron chi connectivity index (χ0n) is 18.6. The summed E-state index contributed by atoms with van der Waals surface area (Å²) in [5.74, 6) is 1.42. The van der Waals surface area contributed by atoms with E-state index in [2.05, 4.69) is 26.3 Å². The number of nitrogens with zero attached hydrogens (tertiary/aromatic N) is 2. The van der Waals surface area contributed by atoms with E-state index in [0.29, 0.717) is 13.2 Å². The third kappa shape index (κ3) is 6.47. The molecule has 168 valence electrons. The number of hydrogen-bond donors (Lipinski definition) is 1. The molecule has 3 rings (SSSR count). The van der Waals surface area contributed by atoms with E-state index in [0.717, 1.165) is 51.5 Å². The lowest BCUT2D eigenvalue weighted by Gasteiger charge is -2.11. The Balaban J connectivity index is 1.51. The summed E-state index contributed by atoms with van der Waals surface area (Å²) < 4.78 is 14.3. The van der Waals surface area contributed by atoms with Gasteiger partial charge in [-0.15, -0.1) is 0 Å². The fourth-order valence-electron chi connectivity index (χ4n) is 3.26. The maximum Gasteiger partial charge on any atom is 0.244 e. The average molecular weight is 498 g/mol. The second-order valence-electron chi connectivity index (χ2n) is 7.36. The van der Waals surface area contributed by atoms with Crippen LogP contribution in [-0.2, 0) is 17.9 Å². The molecular formula is C25H28BrN3O3. The molecule has 0 saturated carbocycles. The number of methoxy groups -OCH3 is 1. The van der Waals surface area contributed by atoms with E-state index in [1.807, 2.05) is 67.1 Å². The number of carbonyl (C=O) groups excluding carboxylic acids is 1. The standard InChI is InChI=1S/C25H28BrN3O3/c1-18-25(26)19(2)29(28-18)15-7-14-27-24(30)13-11-20-10-12-23(31-3)21(16-20)17-32-22-8-5-4-6-9-22/h4-6,8-13,16H,7,14-15,17H2,1-3H3,(H,27,30)/b13-11+. The minimum atomic E-state index is -0.127. The van der Waals surface area contributed by atoms with E-state index in [9.17, 15) is 4.79 Å². The number of ether oxygens (including phenoxy) is 2. The van der Waals surface area contributed by atoms with Crippen molar-refractivity contribution < 1.29 is 14.3 Å². The summed E-state index contributed by atoms with van der Waals surface area (Å²) in [4.78, 5) is 12.2. The maximum absolute atomic E-state index is 12.2. The van der Waals surface area contributed by atoms with E-state index in [4.69, 9.17) is 9.47 Å². The van der Waals surface area contributed by atoms with Gasteiger partial charge in [0.25, 0.3) is 0 Å². The summed E-state index contributed by atoms with van der Waals surface area (Å²) in [6.07, 6.45) is 4.14. The van der Waals surface area contributed by atoms with E-state index in [1.165, 1.54) is 0 Å². The molecule has 0 aliphatic heterocycles. The Morgan fingerprint density at radius 3 is 2.66 bits per heavy atom. The molecular weight excluding hydrogens is 470 g/mol. The molecule has 0 atom stereocenters. The maximum atomic E-state index is 12.2. The number of aromatic nitrogens is 2. The van der Waals surface area contributed by atoms with Crippen LogP contribution < -0.4 is 14.8 Å². The van der Waals surface area contributed by atoms with Gasteiger partial charge in [-0.2, -0.15) is 5.10 Å².